The van der Waals surface area contributed by atoms with Gasteiger partial charge in [-0.3, -0.25) is 9.78 Å². The van der Waals surface area contributed by atoms with Gasteiger partial charge in [-0.1, -0.05) is 11.6 Å². The van der Waals surface area contributed by atoms with E-state index < -0.39 is 0 Å². The van der Waals surface area contributed by atoms with Gasteiger partial charge in [-0.15, -0.1) is 0 Å². The van der Waals surface area contributed by atoms with Gasteiger partial charge in [0, 0.05) is 31.0 Å². The van der Waals surface area contributed by atoms with Gasteiger partial charge in [-0.25, -0.2) is 4.98 Å². The maximum absolute atomic E-state index is 12.2. The highest BCUT2D eigenvalue weighted by Crippen LogP contribution is 2.38. The smallest absolute Gasteiger partial charge is 0.251 e. The normalized spacial score (nSPS) is 12.6. The number of anilines is 1. The average Bonchev–Trinajstić information content (AvgIpc) is 2.59. The molecule has 0 saturated carbocycles. The molecule has 1 aliphatic heterocycles. The maximum Gasteiger partial charge on any atom is 0.251 e. The minimum atomic E-state index is -0.232. The summed E-state index contributed by atoms with van der Waals surface area (Å²) >= 11 is 6.12. The summed E-state index contributed by atoms with van der Waals surface area (Å²) in [6.07, 6.45) is 4.80. The van der Waals surface area contributed by atoms with Gasteiger partial charge in [0.2, 0.25) is 0 Å². The van der Waals surface area contributed by atoms with E-state index in [1.54, 1.807) is 30.7 Å². The molecule has 1 aromatic heterocycles. The Balaban J connectivity index is 1.55. The van der Waals surface area contributed by atoms with E-state index in [9.17, 15) is 4.79 Å². The summed E-state index contributed by atoms with van der Waals surface area (Å²) in [6, 6.07) is 3.20. The van der Waals surface area contributed by atoms with E-state index in [0.717, 1.165) is 0 Å². The summed E-state index contributed by atoms with van der Waals surface area (Å²) in [5.74, 6) is 1.40. The predicted molar refractivity (Wildman–Crippen MR) is 85.3 cm³/mol. The van der Waals surface area contributed by atoms with Crippen LogP contribution in [0.1, 0.15) is 10.4 Å². The van der Waals surface area contributed by atoms with Crippen molar-refractivity contribution in [3.63, 3.8) is 0 Å². The summed E-state index contributed by atoms with van der Waals surface area (Å²) < 4.78 is 10.9. The van der Waals surface area contributed by atoms with Crippen LogP contribution >= 0.6 is 11.6 Å². The van der Waals surface area contributed by atoms with Crippen LogP contribution in [0.2, 0.25) is 5.02 Å². The molecule has 8 heteroatoms. The molecule has 7 nitrogen and oxygen atoms in total. The van der Waals surface area contributed by atoms with Crippen LogP contribution in [-0.2, 0) is 0 Å². The van der Waals surface area contributed by atoms with E-state index in [1.165, 1.54) is 0 Å². The van der Waals surface area contributed by atoms with E-state index in [1.807, 2.05) is 0 Å². The first-order chi connectivity index (χ1) is 11.2. The van der Waals surface area contributed by atoms with Gasteiger partial charge in [0.15, 0.2) is 11.5 Å². The Morgan fingerprint density at radius 3 is 2.91 bits per heavy atom. The molecule has 23 heavy (non-hydrogen) atoms. The van der Waals surface area contributed by atoms with Gasteiger partial charge >= 0.3 is 0 Å². The summed E-state index contributed by atoms with van der Waals surface area (Å²) in [4.78, 5) is 20.2. The first-order valence-electron chi connectivity index (χ1n) is 7.11. The molecular weight excluding hydrogens is 320 g/mol. The second kappa shape index (κ2) is 7.15. The lowest BCUT2D eigenvalue weighted by atomic mass is 10.2. The fraction of sp³-hybridized carbons (Fsp3) is 0.267. The maximum atomic E-state index is 12.2. The number of nitrogens with zero attached hydrogens (tertiary/aromatic N) is 2. The molecule has 2 aromatic rings. The minimum absolute atomic E-state index is 0.232. The molecule has 1 amide bonds. The summed E-state index contributed by atoms with van der Waals surface area (Å²) in [6.45, 7) is 1.85. The topological polar surface area (TPSA) is 85.4 Å². The third-order valence-electron chi connectivity index (χ3n) is 3.14. The molecule has 0 radical (unpaired) electrons. The van der Waals surface area contributed by atoms with E-state index in [4.69, 9.17) is 21.1 Å². The van der Waals surface area contributed by atoms with Gasteiger partial charge in [0.25, 0.3) is 5.91 Å². The van der Waals surface area contributed by atoms with E-state index in [2.05, 4.69) is 20.6 Å². The fourth-order valence-electron chi connectivity index (χ4n) is 2.10. The first-order valence-corrected chi connectivity index (χ1v) is 7.49. The molecule has 0 unspecified atom stereocenters. The van der Waals surface area contributed by atoms with Crippen molar-refractivity contribution in [2.45, 2.75) is 0 Å². The van der Waals surface area contributed by atoms with Gasteiger partial charge < -0.3 is 20.1 Å². The van der Waals surface area contributed by atoms with Crippen LogP contribution < -0.4 is 20.1 Å². The van der Waals surface area contributed by atoms with Crippen molar-refractivity contribution in [1.29, 1.82) is 0 Å². The number of benzene rings is 1. The molecular formula is C15H15ClN4O3. The highest BCUT2D eigenvalue weighted by molar-refractivity contribution is 6.32. The summed E-state index contributed by atoms with van der Waals surface area (Å²) in [5.41, 5.74) is 0.429. The number of amides is 1. The van der Waals surface area contributed by atoms with Crippen molar-refractivity contribution in [2.75, 3.05) is 31.6 Å². The zero-order valence-corrected chi connectivity index (χ0v) is 13.0. The monoisotopic (exact) mass is 334 g/mol. The van der Waals surface area contributed by atoms with Gasteiger partial charge in [-0.05, 0) is 12.1 Å². The standard InChI is InChI=1S/C15H15ClN4O3/c16-11-7-10(8-12-14(11)23-6-5-22-12)15(21)20-4-3-19-13-9-17-1-2-18-13/h1-2,7-9H,3-6H2,(H,18,19)(H,20,21). The molecule has 120 valence electrons. The highest BCUT2D eigenvalue weighted by atomic mass is 35.5. The lowest BCUT2D eigenvalue weighted by Gasteiger charge is -2.20. The third kappa shape index (κ3) is 3.81. The predicted octanol–water partition coefficient (Wildman–Crippen LogP) is 1.74. The van der Waals surface area contributed by atoms with Crippen LogP contribution in [0.3, 0.4) is 0 Å². The van der Waals surface area contributed by atoms with Gasteiger partial charge in [0.1, 0.15) is 19.0 Å². The molecule has 0 saturated heterocycles. The van der Waals surface area contributed by atoms with Crippen molar-refractivity contribution in [1.82, 2.24) is 15.3 Å². The Bertz CT molecular complexity index is 697. The lowest BCUT2D eigenvalue weighted by molar-refractivity contribution is 0.0954. The zero-order chi connectivity index (χ0) is 16.1. The molecule has 0 fully saturated rings. The first kappa shape index (κ1) is 15.4. The Hall–Kier alpha value is -2.54. The van der Waals surface area contributed by atoms with Crippen LogP contribution in [0.25, 0.3) is 0 Å². The van der Waals surface area contributed by atoms with Crippen LogP contribution in [-0.4, -0.2) is 42.2 Å². The number of carbonyl (C=O) groups excluding carboxylic acids is 1. The average molecular weight is 335 g/mol. The Kier molecular flexibility index (Phi) is 4.77. The Labute approximate surface area is 138 Å². The number of hydrogen-bond acceptors (Lipinski definition) is 6. The number of fused-ring (bicyclic) bond motifs is 1. The van der Waals surface area contributed by atoms with E-state index in [-0.39, 0.29) is 5.91 Å². The van der Waals surface area contributed by atoms with Crippen molar-refractivity contribution >= 4 is 23.3 Å². The number of carbonyl (C=O) groups is 1. The van der Waals surface area contributed by atoms with Crippen molar-refractivity contribution in [2.24, 2.45) is 0 Å². The second-order valence-electron chi connectivity index (χ2n) is 4.76. The SMILES string of the molecule is O=C(NCCNc1cnccn1)c1cc(Cl)c2c(c1)OCCO2. The second-order valence-corrected chi connectivity index (χ2v) is 5.16. The summed E-state index contributed by atoms with van der Waals surface area (Å²) in [7, 11) is 0. The lowest BCUT2D eigenvalue weighted by Crippen LogP contribution is -2.29. The van der Waals surface area contributed by atoms with Crippen LogP contribution in [0.5, 0.6) is 11.5 Å². The molecule has 0 bridgehead atoms. The Morgan fingerprint density at radius 2 is 2.09 bits per heavy atom. The van der Waals surface area contributed by atoms with Gasteiger partial charge in [-0.2, -0.15) is 0 Å². The largest absolute Gasteiger partial charge is 0.486 e. The molecule has 1 aromatic carbocycles. The number of nitrogens with one attached hydrogen (secondary N) is 2. The molecule has 2 heterocycles. The molecule has 2 N–H and O–H groups in total. The summed E-state index contributed by atoms with van der Waals surface area (Å²) in [5, 5.41) is 6.22. The molecule has 0 spiro atoms. The fourth-order valence-corrected chi connectivity index (χ4v) is 2.37. The number of halogens is 1. The molecule has 3 rings (SSSR count). The van der Waals surface area contributed by atoms with Crippen LogP contribution in [0.15, 0.2) is 30.7 Å². The number of ether oxygens (including phenoxy) is 2. The molecule has 0 aliphatic carbocycles. The van der Waals surface area contributed by atoms with Crippen molar-refractivity contribution < 1.29 is 14.3 Å². The third-order valence-corrected chi connectivity index (χ3v) is 3.42. The van der Waals surface area contributed by atoms with Crippen LogP contribution in [0.4, 0.5) is 5.82 Å². The molecule has 1 aliphatic rings. The molecule has 0 atom stereocenters. The highest BCUT2D eigenvalue weighted by Gasteiger charge is 2.19. The minimum Gasteiger partial charge on any atom is -0.486 e. The van der Waals surface area contributed by atoms with Gasteiger partial charge in [0.05, 0.1) is 11.2 Å². The van der Waals surface area contributed by atoms with Crippen LogP contribution in [0, 0.1) is 0 Å². The van der Waals surface area contributed by atoms with E-state index in [0.29, 0.717) is 54.2 Å². The number of hydrogen-bond donors (Lipinski definition) is 2. The van der Waals surface area contributed by atoms with E-state index >= 15 is 0 Å². The number of rotatable bonds is 5. The van der Waals surface area contributed by atoms with Crippen molar-refractivity contribution in [3.05, 3.63) is 41.3 Å². The Morgan fingerprint density at radius 1 is 1.22 bits per heavy atom. The zero-order valence-electron chi connectivity index (χ0n) is 12.2. The van der Waals surface area contributed by atoms with Crippen molar-refractivity contribution in [3.8, 4) is 11.5 Å². The number of aromatic nitrogens is 2. The quantitative estimate of drug-likeness (QED) is 0.810.